The maximum absolute atomic E-state index is 3.71. The van der Waals surface area contributed by atoms with E-state index in [-0.39, 0.29) is 0 Å². The minimum Gasteiger partial charge on any atom is -0.311 e. The van der Waals surface area contributed by atoms with Crippen molar-refractivity contribution in [1.29, 1.82) is 0 Å². The molecule has 1 aromatic rings. The third-order valence-corrected chi connectivity index (χ3v) is 5.41. The first-order valence-electron chi connectivity index (χ1n) is 6.78. The largest absolute Gasteiger partial charge is 0.311 e. The van der Waals surface area contributed by atoms with E-state index in [0.717, 1.165) is 5.92 Å². The zero-order chi connectivity index (χ0) is 12.6. The average molecular weight is 251 g/mol. The Morgan fingerprint density at radius 3 is 2.59 bits per heavy atom. The minimum absolute atomic E-state index is 0.294. The molecule has 1 saturated heterocycles. The molecule has 1 aliphatic heterocycles. The van der Waals surface area contributed by atoms with E-state index in [0.29, 0.717) is 17.5 Å². The molecule has 0 aromatic carbocycles. The Morgan fingerprint density at radius 1 is 1.35 bits per heavy atom. The van der Waals surface area contributed by atoms with Crippen molar-refractivity contribution in [2.45, 2.75) is 70.9 Å². The van der Waals surface area contributed by atoms with Crippen LogP contribution in [0.15, 0.2) is 12.1 Å². The first-order chi connectivity index (χ1) is 7.91. The molecule has 2 heteroatoms. The monoisotopic (exact) mass is 251 g/mol. The van der Waals surface area contributed by atoms with Crippen LogP contribution >= 0.6 is 11.3 Å². The highest BCUT2D eigenvalue weighted by molar-refractivity contribution is 7.12. The van der Waals surface area contributed by atoms with Crippen molar-refractivity contribution in [2.75, 3.05) is 0 Å². The lowest BCUT2D eigenvalue weighted by atomic mass is 9.94. The van der Waals surface area contributed by atoms with Crippen LogP contribution in [0.4, 0.5) is 0 Å². The van der Waals surface area contributed by atoms with Crippen LogP contribution in [0.2, 0.25) is 0 Å². The van der Waals surface area contributed by atoms with Gasteiger partial charge in [-0.3, -0.25) is 0 Å². The first kappa shape index (κ1) is 13.1. The molecule has 1 fully saturated rings. The molecule has 0 aliphatic carbocycles. The topological polar surface area (TPSA) is 12.0 Å². The fourth-order valence-corrected chi connectivity index (χ4v) is 4.01. The zero-order valence-corrected chi connectivity index (χ0v) is 12.5. The van der Waals surface area contributed by atoms with Gasteiger partial charge in [0.1, 0.15) is 0 Å². The second kappa shape index (κ2) is 4.74. The Morgan fingerprint density at radius 2 is 2.06 bits per heavy atom. The molecular formula is C15H25NS. The number of thiophene rings is 1. The van der Waals surface area contributed by atoms with Gasteiger partial charge in [0.2, 0.25) is 0 Å². The van der Waals surface area contributed by atoms with Crippen LogP contribution in [0.25, 0.3) is 0 Å². The Balaban J connectivity index is 2.20. The van der Waals surface area contributed by atoms with Gasteiger partial charge in [0.25, 0.3) is 0 Å². The fraction of sp³-hybridized carbons (Fsp3) is 0.733. The molecule has 0 spiro atoms. The number of rotatable bonds is 2. The van der Waals surface area contributed by atoms with Crippen LogP contribution < -0.4 is 5.32 Å². The first-order valence-corrected chi connectivity index (χ1v) is 7.59. The van der Waals surface area contributed by atoms with Gasteiger partial charge in [-0.25, -0.2) is 0 Å². The normalized spacial score (nSPS) is 29.8. The maximum atomic E-state index is 3.71. The lowest BCUT2D eigenvalue weighted by Gasteiger charge is -2.18. The van der Waals surface area contributed by atoms with E-state index in [4.69, 9.17) is 0 Å². The van der Waals surface area contributed by atoms with Crippen molar-refractivity contribution in [3.8, 4) is 0 Å². The molecule has 0 saturated carbocycles. The lowest BCUT2D eigenvalue weighted by Crippen LogP contribution is -2.28. The third-order valence-electron chi connectivity index (χ3n) is 3.76. The Labute approximate surface area is 110 Å². The summed E-state index contributed by atoms with van der Waals surface area (Å²) in [4.78, 5) is 3.10. The summed E-state index contributed by atoms with van der Waals surface area (Å²) in [5.74, 6) is 0.732. The summed E-state index contributed by atoms with van der Waals surface area (Å²) in [6.07, 6.45) is 2.53. The summed E-state index contributed by atoms with van der Waals surface area (Å²) in [6.45, 7) is 11.5. The van der Waals surface area contributed by atoms with Crippen molar-refractivity contribution in [2.24, 2.45) is 0 Å². The molecule has 1 aliphatic rings. The van der Waals surface area contributed by atoms with E-state index < -0.39 is 0 Å². The molecule has 0 bridgehead atoms. The molecule has 2 rings (SSSR count). The lowest BCUT2D eigenvalue weighted by molar-refractivity contribution is 0.521. The van der Waals surface area contributed by atoms with Gasteiger partial charge in [0.05, 0.1) is 0 Å². The second-order valence-electron chi connectivity index (χ2n) is 6.38. The summed E-state index contributed by atoms with van der Waals surface area (Å²) >= 11 is 2.02. The average Bonchev–Trinajstić information content (AvgIpc) is 2.81. The van der Waals surface area contributed by atoms with Gasteiger partial charge in [0.15, 0.2) is 0 Å². The Hall–Kier alpha value is -0.340. The van der Waals surface area contributed by atoms with Crippen LogP contribution in [-0.4, -0.2) is 12.1 Å². The van der Waals surface area contributed by atoms with E-state index in [1.54, 1.807) is 4.88 Å². The molecule has 1 aromatic heterocycles. The summed E-state index contributed by atoms with van der Waals surface area (Å²) in [7, 11) is 0. The van der Waals surface area contributed by atoms with Crippen LogP contribution in [-0.2, 0) is 5.41 Å². The molecule has 3 unspecified atom stereocenters. The zero-order valence-electron chi connectivity index (χ0n) is 11.7. The van der Waals surface area contributed by atoms with E-state index in [1.807, 2.05) is 11.3 Å². The molecular weight excluding hydrogens is 226 g/mol. The summed E-state index contributed by atoms with van der Waals surface area (Å²) < 4.78 is 0. The molecule has 96 valence electrons. The SMILES string of the molecule is CCC1NC(C)CC1c1ccc(C(C)(C)C)s1. The van der Waals surface area contributed by atoms with Crippen molar-refractivity contribution < 1.29 is 0 Å². The summed E-state index contributed by atoms with van der Waals surface area (Å²) in [6, 6.07) is 6.04. The fourth-order valence-electron chi connectivity index (χ4n) is 2.77. The van der Waals surface area contributed by atoms with E-state index >= 15 is 0 Å². The molecule has 17 heavy (non-hydrogen) atoms. The Kier molecular flexibility index (Phi) is 3.65. The van der Waals surface area contributed by atoms with Crippen LogP contribution in [0.3, 0.4) is 0 Å². The third kappa shape index (κ3) is 2.74. The van der Waals surface area contributed by atoms with Gasteiger partial charge in [-0.05, 0) is 37.3 Å². The second-order valence-corrected chi connectivity index (χ2v) is 7.49. The van der Waals surface area contributed by atoms with Crippen molar-refractivity contribution in [3.63, 3.8) is 0 Å². The van der Waals surface area contributed by atoms with Gasteiger partial charge >= 0.3 is 0 Å². The quantitative estimate of drug-likeness (QED) is 0.827. The molecule has 0 radical (unpaired) electrons. The van der Waals surface area contributed by atoms with Crippen LogP contribution in [0.5, 0.6) is 0 Å². The van der Waals surface area contributed by atoms with Gasteiger partial charge in [-0.1, -0.05) is 27.7 Å². The molecule has 2 heterocycles. The number of nitrogens with one attached hydrogen (secondary N) is 1. The van der Waals surface area contributed by atoms with Crippen LogP contribution in [0.1, 0.15) is 63.1 Å². The molecule has 3 atom stereocenters. The smallest absolute Gasteiger partial charge is 0.0144 e. The van der Waals surface area contributed by atoms with Gasteiger partial charge in [0, 0.05) is 27.8 Å². The summed E-state index contributed by atoms with van der Waals surface area (Å²) in [5, 5.41) is 3.71. The van der Waals surface area contributed by atoms with E-state index in [1.165, 1.54) is 17.7 Å². The standard InChI is InChI=1S/C15H25NS/c1-6-12-11(9-10(2)16-12)13-7-8-14(17-13)15(3,4)5/h7-8,10-12,16H,6,9H2,1-5H3. The number of hydrogen-bond acceptors (Lipinski definition) is 2. The van der Waals surface area contributed by atoms with Gasteiger partial charge in [-0.15, -0.1) is 11.3 Å². The molecule has 1 N–H and O–H groups in total. The van der Waals surface area contributed by atoms with E-state index in [9.17, 15) is 0 Å². The highest BCUT2D eigenvalue weighted by Gasteiger charge is 2.32. The van der Waals surface area contributed by atoms with Crippen LogP contribution in [0, 0.1) is 0 Å². The minimum atomic E-state index is 0.294. The van der Waals surface area contributed by atoms with Gasteiger partial charge in [-0.2, -0.15) is 0 Å². The van der Waals surface area contributed by atoms with Gasteiger partial charge < -0.3 is 5.32 Å². The highest BCUT2D eigenvalue weighted by Crippen LogP contribution is 2.39. The van der Waals surface area contributed by atoms with Crippen molar-refractivity contribution in [1.82, 2.24) is 5.32 Å². The van der Waals surface area contributed by atoms with Crippen molar-refractivity contribution in [3.05, 3.63) is 21.9 Å². The molecule has 0 amide bonds. The predicted octanol–water partition coefficient (Wildman–Crippen LogP) is 4.29. The van der Waals surface area contributed by atoms with E-state index in [2.05, 4.69) is 52.1 Å². The van der Waals surface area contributed by atoms with Crippen molar-refractivity contribution >= 4 is 11.3 Å². The Bertz CT molecular complexity index is 375. The summed E-state index contributed by atoms with van der Waals surface area (Å²) in [5.41, 5.74) is 0.294. The number of hydrogen-bond donors (Lipinski definition) is 1. The predicted molar refractivity (Wildman–Crippen MR) is 77.1 cm³/mol. The molecule has 1 nitrogen and oxygen atoms in total. The highest BCUT2D eigenvalue weighted by atomic mass is 32.1. The maximum Gasteiger partial charge on any atom is 0.0144 e.